The summed E-state index contributed by atoms with van der Waals surface area (Å²) in [5.41, 5.74) is 0.585. The number of piperidine rings is 2. The predicted octanol–water partition coefficient (Wildman–Crippen LogP) is 2.31. The smallest absolute Gasteiger partial charge is 0.257 e. The van der Waals surface area contributed by atoms with E-state index in [4.69, 9.17) is 0 Å². The van der Waals surface area contributed by atoms with Gasteiger partial charge in [-0.25, -0.2) is 9.97 Å². The molecule has 146 valence electrons. The zero-order chi connectivity index (χ0) is 18.9. The molecular weight excluding hydrogens is 342 g/mol. The van der Waals surface area contributed by atoms with E-state index in [1.54, 1.807) is 19.4 Å². The normalized spacial score (nSPS) is 26.6. The number of amides is 2. The quantitative estimate of drug-likeness (QED) is 0.882. The molecule has 2 aliphatic heterocycles. The van der Waals surface area contributed by atoms with Gasteiger partial charge in [0.15, 0.2) is 0 Å². The number of aromatic nitrogens is 2. The molecule has 0 aromatic carbocycles. The molecule has 2 amide bonds. The average Bonchev–Trinajstić information content (AvgIpc) is 3.24. The highest BCUT2D eigenvalue weighted by Gasteiger charge is 2.44. The third-order valence-corrected chi connectivity index (χ3v) is 6.53. The first-order valence-electron chi connectivity index (χ1n) is 10.2. The summed E-state index contributed by atoms with van der Waals surface area (Å²) in [7, 11) is 1.76. The molecule has 1 spiro atoms. The Labute approximate surface area is 160 Å². The monoisotopic (exact) mass is 371 g/mol. The summed E-state index contributed by atoms with van der Waals surface area (Å²) >= 11 is 0. The van der Waals surface area contributed by atoms with E-state index < -0.39 is 0 Å². The zero-order valence-corrected chi connectivity index (χ0v) is 16.1. The van der Waals surface area contributed by atoms with Crippen LogP contribution in [0, 0.1) is 5.41 Å². The SMILES string of the molecule is CNc1ncc(C(=O)N2CCC[C@]3(CCC(=O)N(C4CCCC4)C3)C2)cn1. The van der Waals surface area contributed by atoms with Gasteiger partial charge >= 0.3 is 0 Å². The minimum Gasteiger partial charge on any atom is -0.357 e. The molecule has 1 N–H and O–H groups in total. The fourth-order valence-corrected chi connectivity index (χ4v) is 5.06. The second-order valence-corrected chi connectivity index (χ2v) is 8.34. The van der Waals surface area contributed by atoms with E-state index in [0.717, 1.165) is 51.7 Å². The van der Waals surface area contributed by atoms with Gasteiger partial charge < -0.3 is 15.1 Å². The van der Waals surface area contributed by atoms with Crippen molar-refractivity contribution in [1.82, 2.24) is 19.8 Å². The Balaban J connectivity index is 1.47. The minimum absolute atomic E-state index is 0.000967. The van der Waals surface area contributed by atoms with Crippen LogP contribution in [0.1, 0.15) is 61.7 Å². The molecule has 4 rings (SSSR count). The van der Waals surface area contributed by atoms with E-state index in [2.05, 4.69) is 20.2 Å². The van der Waals surface area contributed by atoms with Crippen LogP contribution in [0.5, 0.6) is 0 Å². The van der Waals surface area contributed by atoms with Crippen molar-refractivity contribution < 1.29 is 9.59 Å². The highest BCUT2D eigenvalue weighted by Crippen LogP contribution is 2.41. The Morgan fingerprint density at radius 3 is 2.59 bits per heavy atom. The summed E-state index contributed by atoms with van der Waals surface area (Å²) in [5, 5.41) is 2.87. The second kappa shape index (κ2) is 7.44. The number of nitrogens with one attached hydrogen (secondary N) is 1. The highest BCUT2D eigenvalue weighted by atomic mass is 16.2. The van der Waals surface area contributed by atoms with E-state index in [9.17, 15) is 9.59 Å². The van der Waals surface area contributed by atoms with Gasteiger partial charge in [0.25, 0.3) is 5.91 Å². The molecule has 27 heavy (non-hydrogen) atoms. The summed E-state index contributed by atoms with van der Waals surface area (Å²) in [6.07, 6.45) is 11.5. The number of carbonyl (C=O) groups excluding carboxylic acids is 2. The van der Waals surface area contributed by atoms with E-state index in [1.807, 2.05) is 4.90 Å². The van der Waals surface area contributed by atoms with Crippen molar-refractivity contribution in [2.45, 2.75) is 57.4 Å². The third-order valence-electron chi connectivity index (χ3n) is 6.53. The van der Waals surface area contributed by atoms with Gasteiger partial charge in [-0.2, -0.15) is 0 Å². The maximum atomic E-state index is 13.0. The molecule has 3 fully saturated rings. The largest absolute Gasteiger partial charge is 0.357 e. The van der Waals surface area contributed by atoms with E-state index in [1.165, 1.54) is 12.8 Å². The predicted molar refractivity (Wildman–Crippen MR) is 102 cm³/mol. The number of hydrogen-bond acceptors (Lipinski definition) is 5. The molecule has 0 radical (unpaired) electrons. The summed E-state index contributed by atoms with van der Waals surface area (Å²) in [6, 6.07) is 0.420. The van der Waals surface area contributed by atoms with Gasteiger partial charge in [-0.3, -0.25) is 9.59 Å². The Kier molecular flexibility index (Phi) is 5.02. The molecular formula is C20H29N5O2. The summed E-state index contributed by atoms with van der Waals surface area (Å²) in [6.45, 7) is 2.32. The van der Waals surface area contributed by atoms with Crippen LogP contribution in [-0.2, 0) is 4.79 Å². The Morgan fingerprint density at radius 1 is 1.15 bits per heavy atom. The molecule has 1 saturated carbocycles. The minimum atomic E-state index is 0.000967. The first-order valence-corrected chi connectivity index (χ1v) is 10.2. The Bertz CT molecular complexity index is 701. The van der Waals surface area contributed by atoms with Crippen LogP contribution in [-0.4, -0.2) is 64.3 Å². The fourth-order valence-electron chi connectivity index (χ4n) is 5.06. The average molecular weight is 371 g/mol. The van der Waals surface area contributed by atoms with Gasteiger partial charge in [-0.1, -0.05) is 12.8 Å². The molecule has 1 aliphatic carbocycles. The van der Waals surface area contributed by atoms with Crippen molar-refractivity contribution in [3.8, 4) is 0 Å². The molecule has 1 aromatic heterocycles. The maximum Gasteiger partial charge on any atom is 0.257 e. The van der Waals surface area contributed by atoms with Gasteiger partial charge in [0, 0.05) is 57.0 Å². The molecule has 0 unspecified atom stereocenters. The van der Waals surface area contributed by atoms with Crippen molar-refractivity contribution in [1.29, 1.82) is 0 Å². The first kappa shape index (κ1) is 18.2. The molecule has 0 bridgehead atoms. The lowest BCUT2D eigenvalue weighted by molar-refractivity contribution is -0.142. The number of hydrogen-bond donors (Lipinski definition) is 1. The Hall–Kier alpha value is -2.18. The van der Waals surface area contributed by atoms with Crippen LogP contribution in [0.15, 0.2) is 12.4 Å². The molecule has 3 aliphatic rings. The van der Waals surface area contributed by atoms with E-state index in [0.29, 0.717) is 29.9 Å². The topological polar surface area (TPSA) is 78.4 Å². The van der Waals surface area contributed by atoms with Gasteiger partial charge in [0.2, 0.25) is 11.9 Å². The number of likely N-dealkylation sites (tertiary alicyclic amines) is 2. The standard InChI is InChI=1S/C20H29N5O2/c1-21-19-22-11-15(12-23-19)18(27)24-10-4-8-20(13-24)9-7-17(26)25(14-20)16-5-2-3-6-16/h11-12,16H,2-10,13-14H2,1H3,(H,21,22,23)/t20-/m0/s1. The molecule has 2 saturated heterocycles. The van der Waals surface area contributed by atoms with Crippen molar-refractivity contribution in [2.24, 2.45) is 5.41 Å². The molecule has 3 heterocycles. The van der Waals surface area contributed by atoms with Gasteiger partial charge in [0.05, 0.1) is 5.56 Å². The number of carbonyl (C=O) groups is 2. The van der Waals surface area contributed by atoms with E-state index in [-0.39, 0.29) is 11.3 Å². The van der Waals surface area contributed by atoms with Crippen LogP contribution in [0.2, 0.25) is 0 Å². The van der Waals surface area contributed by atoms with E-state index >= 15 is 0 Å². The molecule has 1 aromatic rings. The second-order valence-electron chi connectivity index (χ2n) is 8.34. The van der Waals surface area contributed by atoms with Crippen molar-refractivity contribution >= 4 is 17.8 Å². The van der Waals surface area contributed by atoms with Crippen LogP contribution in [0.3, 0.4) is 0 Å². The van der Waals surface area contributed by atoms with Gasteiger partial charge in [-0.15, -0.1) is 0 Å². The van der Waals surface area contributed by atoms with Crippen LogP contribution in [0.4, 0.5) is 5.95 Å². The molecule has 7 nitrogen and oxygen atoms in total. The molecule has 1 atom stereocenters. The van der Waals surface area contributed by atoms with Crippen LogP contribution in [0.25, 0.3) is 0 Å². The maximum absolute atomic E-state index is 13.0. The lowest BCUT2D eigenvalue weighted by Gasteiger charge is -2.49. The third kappa shape index (κ3) is 3.64. The number of nitrogens with zero attached hydrogens (tertiary/aromatic N) is 4. The Morgan fingerprint density at radius 2 is 1.89 bits per heavy atom. The van der Waals surface area contributed by atoms with Crippen LogP contribution >= 0.6 is 0 Å². The van der Waals surface area contributed by atoms with Gasteiger partial charge in [-0.05, 0) is 32.1 Å². The summed E-state index contributed by atoms with van der Waals surface area (Å²) < 4.78 is 0. The van der Waals surface area contributed by atoms with Crippen molar-refractivity contribution in [2.75, 3.05) is 32.0 Å². The zero-order valence-electron chi connectivity index (χ0n) is 16.1. The lowest BCUT2D eigenvalue weighted by Crippen LogP contribution is -2.56. The summed E-state index contributed by atoms with van der Waals surface area (Å²) in [4.78, 5) is 37.9. The summed E-state index contributed by atoms with van der Waals surface area (Å²) in [5.74, 6) is 0.827. The van der Waals surface area contributed by atoms with Crippen molar-refractivity contribution in [3.05, 3.63) is 18.0 Å². The fraction of sp³-hybridized carbons (Fsp3) is 0.700. The van der Waals surface area contributed by atoms with Gasteiger partial charge in [0.1, 0.15) is 0 Å². The van der Waals surface area contributed by atoms with Crippen LogP contribution < -0.4 is 5.32 Å². The number of anilines is 1. The first-order chi connectivity index (χ1) is 13.1. The highest BCUT2D eigenvalue weighted by molar-refractivity contribution is 5.93. The number of rotatable bonds is 3. The van der Waals surface area contributed by atoms with Crippen molar-refractivity contribution in [3.63, 3.8) is 0 Å². The molecule has 7 heteroatoms. The lowest BCUT2D eigenvalue weighted by atomic mass is 9.73.